The quantitative estimate of drug-likeness (QED) is 0.676. The number of ether oxygens (including phenoxy) is 1. The average Bonchev–Trinajstić information content (AvgIpc) is 2.28. The Bertz CT molecular complexity index is 201. The summed E-state index contributed by atoms with van der Waals surface area (Å²) in [5, 5.41) is 3.64. The van der Waals surface area contributed by atoms with Crippen LogP contribution in [0.2, 0.25) is 0 Å². The fraction of sp³-hybridized carbons (Fsp3) is 1.00. The molecule has 0 aromatic heterocycles. The monoisotopic (exact) mass is 256 g/mol. The lowest BCUT2D eigenvalue weighted by Crippen LogP contribution is -2.48. The minimum absolute atomic E-state index is 0.385. The van der Waals surface area contributed by atoms with Gasteiger partial charge in [-0.2, -0.15) is 0 Å². The van der Waals surface area contributed by atoms with Crippen molar-refractivity contribution < 1.29 is 4.74 Å². The Morgan fingerprint density at radius 2 is 1.89 bits per heavy atom. The summed E-state index contributed by atoms with van der Waals surface area (Å²) in [7, 11) is 0. The Morgan fingerprint density at radius 3 is 2.50 bits per heavy atom. The lowest BCUT2D eigenvalue weighted by molar-refractivity contribution is -0.0675. The van der Waals surface area contributed by atoms with Gasteiger partial charge in [-0.15, -0.1) is 0 Å². The van der Waals surface area contributed by atoms with Crippen LogP contribution < -0.4 is 5.32 Å². The van der Waals surface area contributed by atoms with Gasteiger partial charge in [-0.25, -0.2) is 0 Å². The molecule has 108 valence electrons. The van der Waals surface area contributed by atoms with E-state index in [0.717, 1.165) is 26.2 Å². The fourth-order valence-electron chi connectivity index (χ4n) is 2.74. The molecule has 18 heavy (non-hydrogen) atoms. The minimum Gasteiger partial charge on any atom is -0.373 e. The van der Waals surface area contributed by atoms with Gasteiger partial charge in [0.2, 0.25) is 0 Å². The van der Waals surface area contributed by atoms with Gasteiger partial charge in [-0.3, -0.25) is 4.90 Å². The topological polar surface area (TPSA) is 24.5 Å². The number of hydrogen-bond donors (Lipinski definition) is 1. The van der Waals surface area contributed by atoms with Crippen LogP contribution in [0.15, 0.2) is 0 Å². The van der Waals surface area contributed by atoms with E-state index in [2.05, 4.69) is 37.9 Å². The number of morpholine rings is 1. The van der Waals surface area contributed by atoms with Crippen molar-refractivity contribution >= 4 is 0 Å². The Hall–Kier alpha value is -0.120. The van der Waals surface area contributed by atoms with Gasteiger partial charge in [0.15, 0.2) is 0 Å². The van der Waals surface area contributed by atoms with Crippen molar-refractivity contribution in [2.24, 2.45) is 0 Å². The van der Waals surface area contributed by atoms with E-state index in [9.17, 15) is 0 Å². The molecule has 3 heteroatoms. The molecule has 0 saturated carbocycles. The van der Waals surface area contributed by atoms with E-state index in [0.29, 0.717) is 18.2 Å². The summed E-state index contributed by atoms with van der Waals surface area (Å²) in [4.78, 5) is 2.52. The van der Waals surface area contributed by atoms with Gasteiger partial charge in [0.1, 0.15) is 0 Å². The number of rotatable bonds is 8. The van der Waals surface area contributed by atoms with Crippen LogP contribution in [0, 0.1) is 0 Å². The maximum absolute atomic E-state index is 5.75. The van der Waals surface area contributed by atoms with Crippen LogP contribution >= 0.6 is 0 Å². The molecule has 1 saturated heterocycles. The number of nitrogens with one attached hydrogen (secondary N) is 1. The van der Waals surface area contributed by atoms with Gasteiger partial charge in [-0.1, -0.05) is 26.2 Å². The van der Waals surface area contributed by atoms with Gasteiger partial charge in [0, 0.05) is 32.2 Å². The standard InChI is InChI=1S/C15H32N2O/c1-5-6-7-8-13(2)16-9-10-17-11-14(3)18-15(4)12-17/h13-16H,5-12H2,1-4H3/t13?,14-,15+. The van der Waals surface area contributed by atoms with Gasteiger partial charge in [0.25, 0.3) is 0 Å². The second-order valence-electron chi connectivity index (χ2n) is 5.87. The normalized spacial score (nSPS) is 27.3. The molecule has 1 fully saturated rings. The maximum Gasteiger partial charge on any atom is 0.0678 e. The minimum atomic E-state index is 0.385. The number of unbranched alkanes of at least 4 members (excludes halogenated alkanes) is 2. The molecule has 1 unspecified atom stereocenters. The van der Waals surface area contributed by atoms with Crippen molar-refractivity contribution in [1.82, 2.24) is 10.2 Å². The van der Waals surface area contributed by atoms with Crippen molar-refractivity contribution in [3.05, 3.63) is 0 Å². The summed E-state index contributed by atoms with van der Waals surface area (Å²) < 4.78 is 5.75. The molecule has 3 atom stereocenters. The van der Waals surface area contributed by atoms with E-state index < -0.39 is 0 Å². The van der Waals surface area contributed by atoms with Gasteiger partial charge in [-0.05, 0) is 27.2 Å². The Morgan fingerprint density at radius 1 is 1.22 bits per heavy atom. The second kappa shape index (κ2) is 8.89. The van der Waals surface area contributed by atoms with Crippen LogP contribution in [0.25, 0.3) is 0 Å². The first-order chi connectivity index (χ1) is 8.61. The summed E-state index contributed by atoms with van der Waals surface area (Å²) in [6.45, 7) is 13.3. The fourth-order valence-corrected chi connectivity index (χ4v) is 2.74. The third-order valence-corrected chi connectivity index (χ3v) is 3.66. The predicted molar refractivity (Wildman–Crippen MR) is 78.1 cm³/mol. The first-order valence-electron chi connectivity index (χ1n) is 7.73. The molecule has 0 radical (unpaired) electrons. The maximum atomic E-state index is 5.75. The molecule has 1 heterocycles. The molecular weight excluding hydrogens is 224 g/mol. The summed E-state index contributed by atoms with van der Waals surface area (Å²) >= 11 is 0. The van der Waals surface area contributed by atoms with Crippen LogP contribution in [0.1, 0.15) is 53.4 Å². The lowest BCUT2D eigenvalue weighted by Gasteiger charge is -2.35. The third-order valence-electron chi connectivity index (χ3n) is 3.66. The van der Waals surface area contributed by atoms with Gasteiger partial charge in [0.05, 0.1) is 12.2 Å². The summed E-state index contributed by atoms with van der Waals surface area (Å²) in [6, 6.07) is 0.660. The van der Waals surface area contributed by atoms with Crippen molar-refractivity contribution in [3.8, 4) is 0 Å². The van der Waals surface area contributed by atoms with E-state index in [1.807, 2.05) is 0 Å². The Kier molecular flexibility index (Phi) is 7.87. The molecule has 1 aliphatic heterocycles. The molecule has 3 nitrogen and oxygen atoms in total. The molecular formula is C15H32N2O. The molecule has 0 aliphatic carbocycles. The summed E-state index contributed by atoms with van der Waals surface area (Å²) in [5.74, 6) is 0. The largest absolute Gasteiger partial charge is 0.373 e. The lowest BCUT2D eigenvalue weighted by atomic mass is 10.1. The highest BCUT2D eigenvalue weighted by Gasteiger charge is 2.21. The molecule has 0 spiro atoms. The van der Waals surface area contributed by atoms with E-state index in [4.69, 9.17) is 4.74 Å². The molecule has 0 amide bonds. The van der Waals surface area contributed by atoms with Crippen LogP contribution in [0.3, 0.4) is 0 Å². The number of hydrogen-bond acceptors (Lipinski definition) is 3. The van der Waals surface area contributed by atoms with Gasteiger partial charge >= 0.3 is 0 Å². The van der Waals surface area contributed by atoms with Crippen molar-refractivity contribution in [3.63, 3.8) is 0 Å². The molecule has 0 aromatic rings. The van der Waals surface area contributed by atoms with Crippen LogP contribution in [-0.2, 0) is 4.74 Å². The van der Waals surface area contributed by atoms with E-state index in [-0.39, 0.29) is 0 Å². The zero-order valence-electron chi connectivity index (χ0n) is 12.7. The second-order valence-corrected chi connectivity index (χ2v) is 5.87. The van der Waals surface area contributed by atoms with E-state index in [1.54, 1.807) is 0 Å². The van der Waals surface area contributed by atoms with Crippen molar-refractivity contribution in [2.45, 2.75) is 71.6 Å². The predicted octanol–water partition coefficient (Wildman–Crippen LogP) is 2.65. The molecule has 1 rings (SSSR count). The summed E-state index contributed by atoms with van der Waals surface area (Å²) in [5.41, 5.74) is 0. The summed E-state index contributed by atoms with van der Waals surface area (Å²) in [6.07, 6.45) is 6.12. The first-order valence-corrected chi connectivity index (χ1v) is 7.73. The number of nitrogens with zero attached hydrogens (tertiary/aromatic N) is 1. The highest BCUT2D eigenvalue weighted by Crippen LogP contribution is 2.09. The highest BCUT2D eigenvalue weighted by molar-refractivity contribution is 4.74. The Balaban J connectivity index is 2.06. The average molecular weight is 256 g/mol. The first kappa shape index (κ1) is 15.9. The van der Waals surface area contributed by atoms with E-state index >= 15 is 0 Å². The molecule has 1 N–H and O–H groups in total. The smallest absolute Gasteiger partial charge is 0.0678 e. The van der Waals surface area contributed by atoms with Crippen LogP contribution in [-0.4, -0.2) is 49.3 Å². The van der Waals surface area contributed by atoms with Crippen molar-refractivity contribution in [2.75, 3.05) is 26.2 Å². The molecule has 0 aromatic carbocycles. The molecule has 1 aliphatic rings. The van der Waals surface area contributed by atoms with Crippen molar-refractivity contribution in [1.29, 1.82) is 0 Å². The van der Waals surface area contributed by atoms with Crippen LogP contribution in [0.5, 0.6) is 0 Å². The molecule has 0 bridgehead atoms. The van der Waals surface area contributed by atoms with E-state index in [1.165, 1.54) is 25.7 Å². The SMILES string of the molecule is CCCCCC(C)NCCN1C[C@@H](C)O[C@@H](C)C1. The van der Waals surface area contributed by atoms with Gasteiger partial charge < -0.3 is 10.1 Å². The third kappa shape index (κ3) is 6.72. The highest BCUT2D eigenvalue weighted by atomic mass is 16.5. The zero-order valence-corrected chi connectivity index (χ0v) is 12.7. The van der Waals surface area contributed by atoms with Crippen LogP contribution in [0.4, 0.5) is 0 Å². The zero-order chi connectivity index (χ0) is 13.4. The Labute approximate surface area is 113 Å².